The number of nitrogens with zero attached hydrogens (tertiary/aromatic N) is 1. The highest BCUT2D eigenvalue weighted by Gasteiger charge is 2.28. The van der Waals surface area contributed by atoms with Crippen molar-refractivity contribution in [2.75, 3.05) is 0 Å². The molecule has 18 heavy (non-hydrogen) atoms. The minimum absolute atomic E-state index is 0.0168. The van der Waals surface area contributed by atoms with Crippen LogP contribution in [-0.4, -0.2) is 15.2 Å². The van der Waals surface area contributed by atoms with Gasteiger partial charge in [0.15, 0.2) is 0 Å². The summed E-state index contributed by atoms with van der Waals surface area (Å²) < 4.78 is 0. The summed E-state index contributed by atoms with van der Waals surface area (Å²) in [6, 6.07) is 0. The smallest absolute Gasteiger partial charge is 0.283 e. The molecule has 0 aliphatic carbocycles. The molecule has 104 valence electrons. The van der Waals surface area contributed by atoms with Crippen molar-refractivity contribution >= 4 is 0 Å². The molecule has 0 bridgehead atoms. The number of aromatic nitrogens is 3. The molecule has 1 rings (SSSR count). The maximum Gasteiger partial charge on any atom is 0.361 e. The van der Waals surface area contributed by atoms with Gasteiger partial charge in [0.25, 0.3) is 0 Å². The van der Waals surface area contributed by atoms with Crippen molar-refractivity contribution in [1.29, 1.82) is 0 Å². The van der Waals surface area contributed by atoms with Gasteiger partial charge in [0.05, 0.1) is 0 Å². The van der Waals surface area contributed by atoms with Gasteiger partial charge in [-0.1, -0.05) is 59.3 Å². The molecule has 0 aromatic carbocycles. The predicted octanol–water partition coefficient (Wildman–Crippen LogP) is 3.52. The molecule has 0 saturated heterocycles. The Hall–Kier alpha value is -1.06. The zero-order valence-electron chi connectivity index (χ0n) is 12.0. The van der Waals surface area contributed by atoms with E-state index in [2.05, 4.69) is 36.0 Å². The van der Waals surface area contributed by atoms with E-state index in [0.29, 0.717) is 0 Å². The van der Waals surface area contributed by atoms with Crippen LogP contribution in [0.25, 0.3) is 0 Å². The maximum atomic E-state index is 11.2. The molecule has 0 aliphatic heterocycles. The molecule has 2 N–H and O–H groups in total. The van der Waals surface area contributed by atoms with Crippen LogP contribution in [0.5, 0.6) is 0 Å². The van der Waals surface area contributed by atoms with E-state index in [0.717, 1.165) is 18.7 Å². The lowest BCUT2D eigenvalue weighted by atomic mass is 9.79. The minimum Gasteiger partial charge on any atom is -0.283 e. The molecule has 0 fully saturated rings. The normalized spacial score (nSPS) is 14.6. The number of hydrogen-bond acceptors (Lipinski definition) is 2. The summed E-state index contributed by atoms with van der Waals surface area (Å²) in [6.45, 7) is 6.65. The van der Waals surface area contributed by atoms with Crippen molar-refractivity contribution in [1.82, 2.24) is 15.2 Å². The van der Waals surface area contributed by atoms with Crippen LogP contribution in [0.1, 0.15) is 78.0 Å². The Labute approximate surface area is 110 Å². The Morgan fingerprint density at radius 3 is 2.22 bits per heavy atom. The monoisotopic (exact) mass is 253 g/mol. The number of rotatable bonds is 9. The molecule has 0 amide bonds. The standard InChI is InChI=1S/C14H27N3O/c1-4-6-8-9-11-14(3,10-7-5-2)12-15-13(18)17-16-12/h4-11H2,1-3H3,(H2,15,16,17,18). The first-order valence-corrected chi connectivity index (χ1v) is 7.27. The van der Waals surface area contributed by atoms with E-state index < -0.39 is 0 Å². The highest BCUT2D eigenvalue weighted by Crippen LogP contribution is 2.32. The second kappa shape index (κ2) is 7.39. The highest BCUT2D eigenvalue weighted by molar-refractivity contribution is 5.03. The molecule has 1 aromatic heterocycles. The van der Waals surface area contributed by atoms with Gasteiger partial charge >= 0.3 is 5.69 Å². The van der Waals surface area contributed by atoms with Crippen LogP contribution < -0.4 is 5.69 Å². The summed E-state index contributed by atoms with van der Waals surface area (Å²) in [7, 11) is 0. The summed E-state index contributed by atoms with van der Waals surface area (Å²) in [5, 5.41) is 5.51. The third kappa shape index (κ3) is 4.31. The highest BCUT2D eigenvalue weighted by atomic mass is 16.1. The third-order valence-corrected chi connectivity index (χ3v) is 3.74. The van der Waals surface area contributed by atoms with Gasteiger partial charge in [-0.15, -0.1) is 0 Å². The second-order valence-electron chi connectivity index (χ2n) is 5.49. The summed E-state index contributed by atoms with van der Waals surface area (Å²) in [5.41, 5.74) is -0.246. The topological polar surface area (TPSA) is 61.5 Å². The van der Waals surface area contributed by atoms with Crippen molar-refractivity contribution in [3.05, 3.63) is 16.3 Å². The molecule has 0 saturated carbocycles. The van der Waals surface area contributed by atoms with Gasteiger partial charge in [-0.05, 0) is 12.8 Å². The molecule has 0 spiro atoms. The fourth-order valence-corrected chi connectivity index (χ4v) is 2.43. The molecule has 4 heteroatoms. The van der Waals surface area contributed by atoms with Crippen LogP contribution in [0.15, 0.2) is 4.79 Å². The van der Waals surface area contributed by atoms with Crippen molar-refractivity contribution in [3.8, 4) is 0 Å². The van der Waals surface area contributed by atoms with Gasteiger partial charge < -0.3 is 0 Å². The summed E-state index contributed by atoms with van der Waals surface area (Å²) >= 11 is 0. The van der Waals surface area contributed by atoms with Gasteiger partial charge in [-0.25, -0.2) is 9.89 Å². The van der Waals surface area contributed by atoms with E-state index in [4.69, 9.17) is 0 Å². The first-order chi connectivity index (χ1) is 8.62. The molecule has 1 heterocycles. The summed E-state index contributed by atoms with van der Waals surface area (Å²) in [5.74, 6) is 0.831. The first-order valence-electron chi connectivity index (χ1n) is 7.27. The number of hydrogen-bond donors (Lipinski definition) is 2. The number of aromatic amines is 2. The molecule has 1 atom stereocenters. The quantitative estimate of drug-likeness (QED) is 0.661. The lowest BCUT2D eigenvalue weighted by molar-refractivity contribution is 0.351. The Balaban J connectivity index is 2.65. The lowest BCUT2D eigenvalue weighted by Crippen LogP contribution is -2.24. The molecule has 1 unspecified atom stereocenters. The minimum atomic E-state index is -0.263. The Kier molecular flexibility index (Phi) is 6.16. The zero-order valence-corrected chi connectivity index (χ0v) is 12.0. The fraction of sp³-hybridized carbons (Fsp3) is 0.857. The van der Waals surface area contributed by atoms with Gasteiger partial charge in [0, 0.05) is 5.41 Å². The van der Waals surface area contributed by atoms with Crippen LogP contribution in [0.3, 0.4) is 0 Å². The second-order valence-corrected chi connectivity index (χ2v) is 5.49. The van der Waals surface area contributed by atoms with E-state index in [-0.39, 0.29) is 11.1 Å². The van der Waals surface area contributed by atoms with Crippen LogP contribution >= 0.6 is 0 Å². The van der Waals surface area contributed by atoms with Crippen LogP contribution in [0, 0.1) is 0 Å². The lowest BCUT2D eigenvalue weighted by Gasteiger charge is -2.27. The van der Waals surface area contributed by atoms with E-state index >= 15 is 0 Å². The average molecular weight is 253 g/mol. The van der Waals surface area contributed by atoms with Gasteiger partial charge in [-0.2, -0.15) is 4.98 Å². The van der Waals surface area contributed by atoms with Gasteiger partial charge in [0.2, 0.25) is 0 Å². The van der Waals surface area contributed by atoms with Crippen molar-refractivity contribution in [2.45, 2.75) is 77.6 Å². The van der Waals surface area contributed by atoms with E-state index in [1.165, 1.54) is 38.5 Å². The third-order valence-electron chi connectivity index (χ3n) is 3.74. The van der Waals surface area contributed by atoms with Crippen LogP contribution in [-0.2, 0) is 5.41 Å². The van der Waals surface area contributed by atoms with Crippen molar-refractivity contribution in [2.24, 2.45) is 0 Å². The Bertz CT molecular complexity index is 382. The van der Waals surface area contributed by atoms with E-state index in [9.17, 15) is 4.79 Å². The predicted molar refractivity (Wildman–Crippen MR) is 74.8 cm³/mol. The summed E-state index contributed by atoms with van der Waals surface area (Å²) in [4.78, 5) is 15.3. The Morgan fingerprint density at radius 2 is 1.67 bits per heavy atom. The van der Waals surface area contributed by atoms with E-state index in [1.807, 2.05) is 0 Å². The van der Waals surface area contributed by atoms with Crippen molar-refractivity contribution in [3.63, 3.8) is 0 Å². The number of unbranched alkanes of at least 4 members (excludes halogenated alkanes) is 4. The molecule has 1 aromatic rings. The zero-order chi connectivity index (χ0) is 13.4. The van der Waals surface area contributed by atoms with Gasteiger partial charge in [0.1, 0.15) is 5.82 Å². The molecular weight excluding hydrogens is 226 g/mol. The maximum absolute atomic E-state index is 11.2. The first kappa shape index (κ1) is 15.0. The molecular formula is C14H27N3O. The fourth-order valence-electron chi connectivity index (χ4n) is 2.43. The SMILES string of the molecule is CCCCCCC(C)(CCCC)c1nc(=O)[nH][nH]1. The molecule has 4 nitrogen and oxygen atoms in total. The van der Waals surface area contributed by atoms with Crippen LogP contribution in [0.2, 0.25) is 0 Å². The van der Waals surface area contributed by atoms with E-state index in [1.54, 1.807) is 0 Å². The largest absolute Gasteiger partial charge is 0.361 e. The average Bonchev–Trinajstić information content (AvgIpc) is 2.80. The van der Waals surface area contributed by atoms with Crippen molar-refractivity contribution < 1.29 is 0 Å². The Morgan fingerprint density at radius 1 is 1.00 bits per heavy atom. The number of nitrogens with one attached hydrogen (secondary N) is 2. The molecule has 0 radical (unpaired) electrons. The van der Waals surface area contributed by atoms with Crippen LogP contribution in [0.4, 0.5) is 0 Å². The van der Waals surface area contributed by atoms with Gasteiger partial charge in [-0.3, -0.25) is 5.10 Å². The number of H-pyrrole nitrogens is 2. The summed E-state index contributed by atoms with van der Waals surface area (Å²) in [6.07, 6.45) is 9.59. The molecule has 0 aliphatic rings.